The predicted molar refractivity (Wildman–Crippen MR) is 48.8 cm³/mol. The van der Waals surface area contributed by atoms with Crippen LogP contribution in [0.4, 0.5) is 0 Å². The maximum atomic E-state index is 9.08. The van der Waals surface area contributed by atoms with Gasteiger partial charge in [0.05, 0.1) is 22.5 Å². The van der Waals surface area contributed by atoms with Crippen molar-refractivity contribution in [2.75, 3.05) is 19.5 Å². The highest BCUT2D eigenvalue weighted by molar-refractivity contribution is 7.84. The molecule has 1 aliphatic heterocycles. The van der Waals surface area contributed by atoms with Gasteiger partial charge in [-0.3, -0.25) is 0 Å². The quantitative estimate of drug-likeness (QED) is 0.329. The molecule has 1 spiro atoms. The third-order valence-electron chi connectivity index (χ3n) is 2.12. The highest BCUT2D eigenvalue weighted by Gasteiger charge is 2.51. The summed E-state index contributed by atoms with van der Waals surface area (Å²) < 4.78 is 37.7. The number of hydrogen-bond acceptors (Lipinski definition) is 4. The third kappa shape index (κ3) is 4.57. The van der Waals surface area contributed by atoms with Crippen molar-refractivity contribution < 1.29 is 22.1 Å². The van der Waals surface area contributed by atoms with E-state index < -0.39 is 10.1 Å². The second kappa shape index (κ2) is 3.86. The number of hydrogen-bond donors (Lipinski definition) is 0. The van der Waals surface area contributed by atoms with E-state index in [0.717, 1.165) is 19.2 Å². The highest BCUT2D eigenvalue weighted by Crippen LogP contribution is 2.46. The molecule has 0 amide bonds. The highest BCUT2D eigenvalue weighted by atomic mass is 32.2. The van der Waals surface area contributed by atoms with Gasteiger partial charge in [-0.25, -0.2) is 8.42 Å². The molecule has 5 nitrogen and oxygen atoms in total. The van der Waals surface area contributed by atoms with Crippen LogP contribution in [0.5, 0.6) is 0 Å². The maximum Gasteiger partial charge on any atom is 0.481 e. The summed E-state index contributed by atoms with van der Waals surface area (Å²) in [6.07, 6.45) is 3.19. The van der Waals surface area contributed by atoms with Crippen molar-refractivity contribution in [2.45, 2.75) is 19.8 Å². The molecular formula is C8H14O5S. The zero-order chi connectivity index (χ0) is 10.8. The molecule has 0 saturated heterocycles. The standard InChI is InChI=1S/C7H11O2.CH4O3S/c1-6-8-4-7(2-3-7)5-9-6;1-5(2,3)4/h2-5H2,1H3;1H3,(H,2,3,4)/q+1;/p-1. The Morgan fingerprint density at radius 3 is 2.29 bits per heavy atom. The number of carbonyl (C=O) groups excluding carboxylic acids is 1. The van der Waals surface area contributed by atoms with Crippen LogP contribution in [0.2, 0.25) is 0 Å². The van der Waals surface area contributed by atoms with Crippen LogP contribution in [0, 0.1) is 5.41 Å². The van der Waals surface area contributed by atoms with Gasteiger partial charge in [0.15, 0.2) is 13.2 Å². The minimum absolute atomic E-state index is 0.444. The molecule has 2 aliphatic rings. The lowest BCUT2D eigenvalue weighted by Crippen LogP contribution is -2.25. The van der Waals surface area contributed by atoms with Gasteiger partial charge in [-0.2, -0.15) is 0 Å². The Kier molecular flexibility index (Phi) is 3.16. The van der Waals surface area contributed by atoms with Gasteiger partial charge in [0, 0.05) is 6.26 Å². The van der Waals surface area contributed by atoms with Gasteiger partial charge in [-0.15, -0.1) is 0 Å². The molecule has 2 rings (SSSR count). The van der Waals surface area contributed by atoms with E-state index in [1.54, 1.807) is 0 Å². The fraction of sp³-hybridized carbons (Fsp3) is 0.875. The van der Waals surface area contributed by atoms with Gasteiger partial charge in [-0.1, -0.05) is 0 Å². The molecule has 0 atom stereocenters. The molecule has 1 heterocycles. The van der Waals surface area contributed by atoms with Crippen LogP contribution in [-0.4, -0.2) is 38.4 Å². The van der Waals surface area contributed by atoms with Crippen LogP contribution < -0.4 is 0 Å². The van der Waals surface area contributed by atoms with Crippen molar-refractivity contribution in [3.63, 3.8) is 0 Å². The normalized spacial score (nSPS) is 22.9. The molecule has 1 fully saturated rings. The van der Waals surface area contributed by atoms with E-state index in [9.17, 15) is 0 Å². The van der Waals surface area contributed by atoms with Crippen molar-refractivity contribution in [2.24, 2.45) is 5.41 Å². The molecule has 6 heteroatoms. The zero-order valence-corrected chi connectivity index (χ0v) is 9.09. The largest absolute Gasteiger partial charge is 0.748 e. The number of rotatable bonds is 0. The first-order valence-corrected chi connectivity index (χ1v) is 6.12. The molecule has 0 aromatic carbocycles. The molecule has 0 unspecified atom stereocenters. The van der Waals surface area contributed by atoms with Crippen LogP contribution in [-0.2, 0) is 19.3 Å². The Hall–Kier alpha value is -0.620. The molecule has 0 radical (unpaired) electrons. The second-order valence-corrected chi connectivity index (χ2v) is 5.18. The van der Waals surface area contributed by atoms with Gasteiger partial charge in [0.2, 0.25) is 0 Å². The van der Waals surface area contributed by atoms with Crippen molar-refractivity contribution in [3.8, 4) is 0 Å². The Balaban J connectivity index is 0.000000171. The Morgan fingerprint density at radius 1 is 1.50 bits per heavy atom. The minimum Gasteiger partial charge on any atom is -0.748 e. The van der Waals surface area contributed by atoms with Crippen LogP contribution in [0.25, 0.3) is 0 Å². The van der Waals surface area contributed by atoms with Crippen LogP contribution in [0.15, 0.2) is 0 Å². The molecular weight excluding hydrogens is 208 g/mol. The van der Waals surface area contributed by atoms with Gasteiger partial charge in [0.1, 0.15) is 0 Å². The van der Waals surface area contributed by atoms with E-state index in [2.05, 4.69) is 0 Å². The van der Waals surface area contributed by atoms with Gasteiger partial charge < -0.3 is 13.7 Å². The predicted octanol–water partition coefficient (Wildman–Crippen LogP) is 0.0404. The lowest BCUT2D eigenvalue weighted by atomic mass is 10.1. The Bertz CT molecular complexity index is 318. The first kappa shape index (κ1) is 11.5. The van der Waals surface area contributed by atoms with Crippen molar-refractivity contribution in [1.82, 2.24) is 0 Å². The number of cyclic esters (lactones) is 1. The summed E-state index contributed by atoms with van der Waals surface area (Å²) in [5.41, 5.74) is 0.444. The lowest BCUT2D eigenvalue weighted by molar-refractivity contribution is -0.492. The summed E-state index contributed by atoms with van der Waals surface area (Å²) in [6.45, 7) is 3.65. The number of ether oxygens (including phenoxy) is 1. The smallest absolute Gasteiger partial charge is 0.481 e. The van der Waals surface area contributed by atoms with Gasteiger partial charge in [0.25, 0.3) is 0 Å². The summed E-state index contributed by atoms with van der Waals surface area (Å²) in [4.78, 5) is 0. The van der Waals surface area contributed by atoms with Crippen molar-refractivity contribution in [1.29, 1.82) is 0 Å². The third-order valence-corrected chi connectivity index (χ3v) is 2.12. The van der Waals surface area contributed by atoms with E-state index in [1.807, 2.05) is 6.92 Å². The molecule has 82 valence electrons. The van der Waals surface area contributed by atoms with Gasteiger partial charge in [-0.05, 0) is 12.8 Å². The fourth-order valence-corrected chi connectivity index (χ4v) is 1.06. The molecule has 0 aromatic rings. The average molecular weight is 222 g/mol. The van der Waals surface area contributed by atoms with E-state index >= 15 is 0 Å². The summed E-state index contributed by atoms with van der Waals surface area (Å²) in [7, 11) is -3.92. The summed E-state index contributed by atoms with van der Waals surface area (Å²) in [5, 5.41) is 0. The maximum absolute atomic E-state index is 9.08. The topological polar surface area (TPSA) is 77.7 Å². The first-order chi connectivity index (χ1) is 6.31. The van der Waals surface area contributed by atoms with E-state index in [0.29, 0.717) is 11.7 Å². The minimum atomic E-state index is -3.92. The number of esters is 1. The van der Waals surface area contributed by atoms with Crippen molar-refractivity contribution >= 4 is 16.1 Å². The average Bonchev–Trinajstić information content (AvgIpc) is 2.74. The second-order valence-electron chi connectivity index (χ2n) is 3.77. The molecule has 0 aromatic heterocycles. The Morgan fingerprint density at radius 2 is 2.00 bits per heavy atom. The van der Waals surface area contributed by atoms with Crippen molar-refractivity contribution in [3.05, 3.63) is 0 Å². The summed E-state index contributed by atoms with van der Waals surface area (Å²) >= 11 is 0. The molecule has 0 N–H and O–H groups in total. The van der Waals surface area contributed by atoms with Gasteiger partial charge >= 0.3 is 5.97 Å². The molecule has 1 aliphatic carbocycles. The fourth-order valence-electron chi connectivity index (χ4n) is 1.06. The summed E-state index contributed by atoms with van der Waals surface area (Å²) in [5.74, 6) is 0.743. The van der Waals surface area contributed by atoms with Crippen LogP contribution in [0.3, 0.4) is 0 Å². The molecule has 0 bridgehead atoms. The molecule has 14 heavy (non-hydrogen) atoms. The van der Waals surface area contributed by atoms with E-state index in [1.165, 1.54) is 12.8 Å². The van der Waals surface area contributed by atoms with Crippen LogP contribution >= 0.6 is 0 Å². The first-order valence-electron chi connectivity index (χ1n) is 4.31. The zero-order valence-electron chi connectivity index (χ0n) is 8.28. The lowest BCUT2D eigenvalue weighted by Gasteiger charge is -2.08. The Labute approximate surface area is 83.5 Å². The van der Waals surface area contributed by atoms with E-state index in [4.69, 9.17) is 22.1 Å². The summed E-state index contributed by atoms with van der Waals surface area (Å²) in [6, 6.07) is 0. The van der Waals surface area contributed by atoms with E-state index in [-0.39, 0.29) is 0 Å². The SMILES string of the molecule is CC1=[O+]CC2(CC2)CO1.CS(=O)(=O)[O-]. The molecule has 1 saturated carbocycles. The monoisotopic (exact) mass is 222 g/mol. The van der Waals surface area contributed by atoms with Crippen LogP contribution in [0.1, 0.15) is 19.8 Å².